The van der Waals surface area contributed by atoms with Crippen molar-refractivity contribution in [2.45, 2.75) is 33.1 Å². The molecule has 0 aliphatic heterocycles. The van der Waals surface area contributed by atoms with Crippen LogP contribution < -0.4 is 0 Å². The third kappa shape index (κ3) is 3.37. The van der Waals surface area contributed by atoms with Crippen molar-refractivity contribution in [1.82, 2.24) is 0 Å². The molecule has 0 saturated carbocycles. The van der Waals surface area contributed by atoms with E-state index in [0.717, 1.165) is 12.8 Å². The van der Waals surface area contributed by atoms with Crippen LogP contribution in [-0.2, 0) is 12.8 Å². The van der Waals surface area contributed by atoms with Gasteiger partial charge in [0.2, 0.25) is 0 Å². The van der Waals surface area contributed by atoms with Gasteiger partial charge in [0.25, 0.3) is 0 Å². The molecule has 0 radical (unpaired) electrons. The second kappa shape index (κ2) is 7.33. The van der Waals surface area contributed by atoms with E-state index >= 15 is 0 Å². The lowest BCUT2D eigenvalue weighted by Crippen LogP contribution is -2.10. The van der Waals surface area contributed by atoms with Gasteiger partial charge in [-0.2, -0.15) is 0 Å². The summed E-state index contributed by atoms with van der Waals surface area (Å²) in [5.74, 6) is 0.400. The van der Waals surface area contributed by atoms with Crippen molar-refractivity contribution in [2.75, 3.05) is 0 Å². The quantitative estimate of drug-likeness (QED) is 0.574. The zero-order valence-electron chi connectivity index (χ0n) is 15.7. The molecule has 1 unspecified atom stereocenters. The van der Waals surface area contributed by atoms with Gasteiger partial charge in [0.15, 0.2) is 0 Å². The van der Waals surface area contributed by atoms with Gasteiger partial charge < -0.3 is 0 Å². The molecule has 0 saturated heterocycles. The fourth-order valence-corrected chi connectivity index (χ4v) is 3.96. The van der Waals surface area contributed by atoms with E-state index in [2.05, 4.69) is 92.8 Å². The molecule has 0 heteroatoms. The second-order valence-electron chi connectivity index (χ2n) is 7.41. The fourth-order valence-electron chi connectivity index (χ4n) is 3.96. The first-order chi connectivity index (χ1) is 12.7. The lowest BCUT2D eigenvalue weighted by atomic mass is 9.79. The average Bonchev–Trinajstić information content (AvgIpc) is 3.15. The van der Waals surface area contributed by atoms with Crippen LogP contribution in [-0.4, -0.2) is 0 Å². The third-order valence-corrected chi connectivity index (χ3v) is 5.43. The van der Waals surface area contributed by atoms with E-state index in [4.69, 9.17) is 0 Å². The minimum Gasteiger partial charge on any atom is -0.0726 e. The molecule has 0 fully saturated rings. The molecule has 0 amide bonds. The Hall–Kier alpha value is -2.60. The van der Waals surface area contributed by atoms with Crippen LogP contribution in [0.25, 0.3) is 5.57 Å². The first-order valence-corrected chi connectivity index (χ1v) is 9.69. The molecule has 2 aromatic carbocycles. The summed E-state index contributed by atoms with van der Waals surface area (Å²) in [7, 11) is 0. The minimum absolute atomic E-state index is 0.400. The maximum absolute atomic E-state index is 2.34. The van der Waals surface area contributed by atoms with Crippen LogP contribution in [0.15, 0.2) is 90.1 Å². The smallest absolute Gasteiger partial charge is 0.0281 e. The van der Waals surface area contributed by atoms with Crippen molar-refractivity contribution in [3.05, 3.63) is 112 Å². The van der Waals surface area contributed by atoms with Crippen molar-refractivity contribution in [1.29, 1.82) is 0 Å². The van der Waals surface area contributed by atoms with Crippen LogP contribution >= 0.6 is 0 Å². The van der Waals surface area contributed by atoms with Crippen molar-refractivity contribution >= 4 is 5.57 Å². The highest BCUT2D eigenvalue weighted by molar-refractivity contribution is 5.78. The van der Waals surface area contributed by atoms with Gasteiger partial charge >= 0.3 is 0 Å². The molecule has 26 heavy (non-hydrogen) atoms. The Morgan fingerprint density at radius 2 is 1.50 bits per heavy atom. The SMILES string of the molecule is CCCc1ccc(C2=CC=C(Cc3ccc(C)cc3)C3=CC=CC32)cc1. The topological polar surface area (TPSA) is 0 Å². The zero-order chi connectivity index (χ0) is 17.9. The summed E-state index contributed by atoms with van der Waals surface area (Å²) >= 11 is 0. The highest BCUT2D eigenvalue weighted by Crippen LogP contribution is 2.41. The highest BCUT2D eigenvalue weighted by atomic mass is 14.3. The van der Waals surface area contributed by atoms with Crippen LogP contribution in [0.2, 0.25) is 0 Å². The summed E-state index contributed by atoms with van der Waals surface area (Å²) in [4.78, 5) is 0. The van der Waals surface area contributed by atoms with Crippen LogP contribution in [0.3, 0.4) is 0 Å². The van der Waals surface area contributed by atoms with E-state index in [1.165, 1.54) is 45.4 Å². The summed E-state index contributed by atoms with van der Waals surface area (Å²) < 4.78 is 0. The average molecular weight is 338 g/mol. The predicted molar refractivity (Wildman–Crippen MR) is 112 cm³/mol. The molecule has 2 aliphatic carbocycles. The number of hydrogen-bond donors (Lipinski definition) is 0. The molecule has 1 atom stereocenters. The van der Waals surface area contributed by atoms with E-state index in [1.807, 2.05) is 0 Å². The first kappa shape index (κ1) is 16.8. The van der Waals surface area contributed by atoms with Crippen LogP contribution in [0.4, 0.5) is 0 Å². The van der Waals surface area contributed by atoms with Gasteiger partial charge in [-0.05, 0) is 53.2 Å². The van der Waals surface area contributed by atoms with Crippen molar-refractivity contribution in [3.8, 4) is 0 Å². The van der Waals surface area contributed by atoms with E-state index in [1.54, 1.807) is 0 Å². The van der Waals surface area contributed by atoms with Gasteiger partial charge in [-0.25, -0.2) is 0 Å². The first-order valence-electron chi connectivity index (χ1n) is 9.69. The molecular weight excluding hydrogens is 312 g/mol. The van der Waals surface area contributed by atoms with Gasteiger partial charge in [-0.3, -0.25) is 0 Å². The molecule has 0 nitrogen and oxygen atoms in total. The molecule has 2 aromatic rings. The van der Waals surface area contributed by atoms with Gasteiger partial charge in [0.1, 0.15) is 0 Å². The maximum Gasteiger partial charge on any atom is 0.0281 e. The predicted octanol–water partition coefficient (Wildman–Crippen LogP) is 6.63. The Labute approximate surface area is 157 Å². The number of benzene rings is 2. The summed E-state index contributed by atoms with van der Waals surface area (Å²) in [5.41, 5.74) is 9.80. The van der Waals surface area contributed by atoms with E-state index < -0.39 is 0 Å². The number of allylic oxidation sites excluding steroid dienone is 8. The normalized spacial score (nSPS) is 18.2. The molecular formula is C26H26. The molecule has 0 aromatic heterocycles. The van der Waals surface area contributed by atoms with Crippen LogP contribution in [0.5, 0.6) is 0 Å². The lowest BCUT2D eigenvalue weighted by molar-refractivity contribution is 0.920. The molecule has 4 rings (SSSR count). The van der Waals surface area contributed by atoms with Crippen LogP contribution in [0.1, 0.15) is 35.6 Å². The number of fused-ring (bicyclic) bond motifs is 1. The van der Waals surface area contributed by atoms with E-state index in [0.29, 0.717) is 5.92 Å². The Morgan fingerprint density at radius 3 is 2.23 bits per heavy atom. The van der Waals surface area contributed by atoms with E-state index in [-0.39, 0.29) is 0 Å². The standard InChI is InChI=1S/C26H26/c1-3-5-20-12-14-22(15-13-20)25-17-16-23(24-6-4-7-26(24)25)18-21-10-8-19(2)9-11-21/h4,6-17,26H,3,5,18H2,1-2H3. The molecule has 0 heterocycles. The van der Waals surface area contributed by atoms with Crippen molar-refractivity contribution < 1.29 is 0 Å². The number of rotatable bonds is 5. The van der Waals surface area contributed by atoms with Gasteiger partial charge in [0.05, 0.1) is 0 Å². The minimum atomic E-state index is 0.400. The largest absolute Gasteiger partial charge is 0.0726 e. The Kier molecular flexibility index (Phi) is 4.75. The van der Waals surface area contributed by atoms with Crippen molar-refractivity contribution in [3.63, 3.8) is 0 Å². The summed E-state index contributed by atoms with van der Waals surface area (Å²) in [5, 5.41) is 0. The van der Waals surface area contributed by atoms with Gasteiger partial charge in [-0.1, -0.05) is 97.8 Å². The Balaban J connectivity index is 1.62. The monoisotopic (exact) mass is 338 g/mol. The van der Waals surface area contributed by atoms with Crippen molar-refractivity contribution in [2.24, 2.45) is 5.92 Å². The highest BCUT2D eigenvalue weighted by Gasteiger charge is 2.25. The number of aryl methyl sites for hydroxylation is 2. The fraction of sp³-hybridized carbons (Fsp3) is 0.231. The number of hydrogen-bond acceptors (Lipinski definition) is 0. The maximum atomic E-state index is 2.34. The third-order valence-electron chi connectivity index (χ3n) is 5.43. The van der Waals surface area contributed by atoms with E-state index in [9.17, 15) is 0 Å². The summed E-state index contributed by atoms with van der Waals surface area (Å²) in [6.07, 6.45) is 14.9. The Morgan fingerprint density at radius 1 is 0.769 bits per heavy atom. The lowest BCUT2D eigenvalue weighted by Gasteiger charge is -2.24. The zero-order valence-corrected chi connectivity index (χ0v) is 15.7. The Bertz CT molecular complexity index is 900. The molecule has 130 valence electrons. The molecule has 2 aliphatic rings. The summed E-state index contributed by atoms with van der Waals surface area (Å²) in [6.45, 7) is 4.38. The summed E-state index contributed by atoms with van der Waals surface area (Å²) in [6, 6.07) is 18.1. The molecule has 0 bridgehead atoms. The molecule has 0 spiro atoms. The van der Waals surface area contributed by atoms with Gasteiger partial charge in [-0.15, -0.1) is 0 Å². The molecule has 0 N–H and O–H groups in total. The van der Waals surface area contributed by atoms with Gasteiger partial charge in [0, 0.05) is 5.92 Å². The van der Waals surface area contributed by atoms with Crippen LogP contribution in [0, 0.1) is 12.8 Å². The second-order valence-corrected chi connectivity index (χ2v) is 7.41.